The normalized spacial score (nSPS) is 11.4. The molecule has 0 unspecified atom stereocenters. The predicted octanol–water partition coefficient (Wildman–Crippen LogP) is 3.97. The standard InChI is InChI=1S/C15H9BrF3NO/c16-3-4-20-13-7-8(17)1-2-10(13)15(21)11-5-9(18)6-12(19)14(11)20/h1-2,5-7H,3-4H2. The van der Waals surface area contributed by atoms with Crippen molar-refractivity contribution in [3.05, 3.63) is 58.0 Å². The molecule has 2 nitrogen and oxygen atoms in total. The van der Waals surface area contributed by atoms with Crippen molar-refractivity contribution in [2.75, 3.05) is 5.33 Å². The van der Waals surface area contributed by atoms with Gasteiger partial charge in [-0.25, -0.2) is 13.2 Å². The van der Waals surface area contributed by atoms with E-state index >= 15 is 0 Å². The van der Waals surface area contributed by atoms with Gasteiger partial charge >= 0.3 is 0 Å². The molecule has 0 saturated heterocycles. The third-order valence-corrected chi connectivity index (χ3v) is 3.70. The summed E-state index contributed by atoms with van der Waals surface area (Å²) >= 11 is 3.24. The van der Waals surface area contributed by atoms with Crippen LogP contribution in [0.25, 0.3) is 21.8 Å². The highest BCUT2D eigenvalue weighted by molar-refractivity contribution is 9.09. The van der Waals surface area contributed by atoms with E-state index in [4.69, 9.17) is 0 Å². The molecule has 0 radical (unpaired) electrons. The van der Waals surface area contributed by atoms with E-state index in [2.05, 4.69) is 15.9 Å². The van der Waals surface area contributed by atoms with Crippen LogP contribution in [0.2, 0.25) is 0 Å². The average molecular weight is 356 g/mol. The molecule has 108 valence electrons. The van der Waals surface area contributed by atoms with Gasteiger partial charge in [0.25, 0.3) is 0 Å². The maximum atomic E-state index is 14.1. The lowest BCUT2D eigenvalue weighted by atomic mass is 10.1. The number of rotatable bonds is 2. The zero-order valence-corrected chi connectivity index (χ0v) is 12.3. The Morgan fingerprint density at radius 2 is 1.76 bits per heavy atom. The minimum atomic E-state index is -0.839. The summed E-state index contributed by atoms with van der Waals surface area (Å²) in [5.41, 5.74) is -0.236. The predicted molar refractivity (Wildman–Crippen MR) is 79.4 cm³/mol. The summed E-state index contributed by atoms with van der Waals surface area (Å²) in [6.07, 6.45) is 0. The zero-order chi connectivity index (χ0) is 15.1. The number of fused-ring (bicyclic) bond motifs is 2. The molecule has 0 amide bonds. The minimum absolute atomic E-state index is 0.0149. The second kappa shape index (κ2) is 5.18. The largest absolute Gasteiger partial charge is 0.337 e. The van der Waals surface area contributed by atoms with Crippen LogP contribution >= 0.6 is 15.9 Å². The summed E-state index contributed by atoms with van der Waals surface area (Å²) in [6, 6.07) is 5.40. The molecule has 0 spiro atoms. The van der Waals surface area contributed by atoms with Crippen molar-refractivity contribution in [2.45, 2.75) is 6.54 Å². The highest BCUT2D eigenvalue weighted by Crippen LogP contribution is 2.23. The Morgan fingerprint density at radius 3 is 2.48 bits per heavy atom. The van der Waals surface area contributed by atoms with Crippen LogP contribution in [0.5, 0.6) is 0 Å². The number of hydrogen-bond acceptors (Lipinski definition) is 1. The molecule has 0 aliphatic heterocycles. The monoisotopic (exact) mass is 355 g/mol. The molecule has 1 aromatic heterocycles. The molecule has 21 heavy (non-hydrogen) atoms. The topological polar surface area (TPSA) is 22.0 Å². The fourth-order valence-corrected chi connectivity index (χ4v) is 2.87. The molecule has 2 aromatic carbocycles. The first kappa shape index (κ1) is 14.1. The number of halogens is 4. The molecule has 3 aromatic rings. The van der Waals surface area contributed by atoms with E-state index in [0.717, 1.165) is 18.2 Å². The first-order chi connectivity index (χ1) is 10.0. The molecule has 0 aliphatic carbocycles. The Morgan fingerprint density at radius 1 is 1.00 bits per heavy atom. The maximum absolute atomic E-state index is 14.1. The zero-order valence-electron chi connectivity index (χ0n) is 10.7. The van der Waals surface area contributed by atoms with Crippen LogP contribution in [-0.4, -0.2) is 9.90 Å². The van der Waals surface area contributed by atoms with Crippen molar-refractivity contribution in [3.63, 3.8) is 0 Å². The van der Waals surface area contributed by atoms with E-state index in [1.807, 2.05) is 0 Å². The fourth-order valence-electron chi connectivity index (χ4n) is 2.52. The molecule has 6 heteroatoms. The van der Waals surface area contributed by atoms with Gasteiger partial charge < -0.3 is 4.57 Å². The number of hydrogen-bond donors (Lipinski definition) is 0. The number of alkyl halides is 1. The van der Waals surface area contributed by atoms with Crippen LogP contribution in [0.15, 0.2) is 35.1 Å². The summed E-state index contributed by atoms with van der Waals surface area (Å²) in [6.45, 7) is 0.319. The summed E-state index contributed by atoms with van der Waals surface area (Å²) in [7, 11) is 0. The van der Waals surface area contributed by atoms with Crippen molar-refractivity contribution in [3.8, 4) is 0 Å². The lowest BCUT2D eigenvalue weighted by Crippen LogP contribution is -2.14. The van der Waals surface area contributed by atoms with Crippen molar-refractivity contribution in [2.24, 2.45) is 0 Å². The molecule has 0 aliphatic rings. The third kappa shape index (κ3) is 2.23. The second-order valence-electron chi connectivity index (χ2n) is 4.61. The lowest BCUT2D eigenvalue weighted by molar-refractivity contribution is 0.585. The van der Waals surface area contributed by atoms with Crippen LogP contribution in [0.3, 0.4) is 0 Å². The molecule has 3 rings (SSSR count). The Balaban J connectivity index is 2.63. The van der Waals surface area contributed by atoms with Crippen LogP contribution in [0, 0.1) is 17.5 Å². The number of pyridine rings is 1. The third-order valence-electron chi connectivity index (χ3n) is 3.35. The molecular weight excluding hydrogens is 347 g/mol. The Bertz CT molecular complexity index is 920. The van der Waals surface area contributed by atoms with E-state index in [1.54, 1.807) is 0 Å². The molecular formula is C15H9BrF3NO. The van der Waals surface area contributed by atoms with Gasteiger partial charge in [-0.2, -0.15) is 0 Å². The molecule has 0 fully saturated rings. The lowest BCUT2D eigenvalue weighted by Gasteiger charge is -2.14. The van der Waals surface area contributed by atoms with E-state index < -0.39 is 22.9 Å². The minimum Gasteiger partial charge on any atom is -0.337 e. The summed E-state index contributed by atoms with van der Waals surface area (Å²) in [5, 5.41) is 0.662. The maximum Gasteiger partial charge on any atom is 0.197 e. The Kier molecular flexibility index (Phi) is 3.49. The van der Waals surface area contributed by atoms with Crippen LogP contribution in [0.1, 0.15) is 0 Å². The van der Waals surface area contributed by atoms with Crippen LogP contribution < -0.4 is 5.43 Å². The van der Waals surface area contributed by atoms with Gasteiger partial charge in [0.15, 0.2) is 11.2 Å². The SMILES string of the molecule is O=c1c2ccc(F)cc2n(CCBr)c2c(F)cc(F)cc12. The van der Waals surface area contributed by atoms with Gasteiger partial charge in [-0.05, 0) is 24.3 Å². The van der Waals surface area contributed by atoms with Gasteiger partial charge in [-0.3, -0.25) is 4.79 Å². The van der Waals surface area contributed by atoms with Gasteiger partial charge in [-0.1, -0.05) is 15.9 Å². The van der Waals surface area contributed by atoms with Crippen molar-refractivity contribution >= 4 is 37.7 Å². The first-order valence-electron chi connectivity index (χ1n) is 6.19. The van der Waals surface area contributed by atoms with Crippen molar-refractivity contribution in [1.29, 1.82) is 0 Å². The highest BCUT2D eigenvalue weighted by atomic mass is 79.9. The molecule has 0 saturated carbocycles. The van der Waals surface area contributed by atoms with Gasteiger partial charge in [0.05, 0.1) is 16.4 Å². The van der Waals surface area contributed by atoms with Crippen molar-refractivity contribution < 1.29 is 13.2 Å². The van der Waals surface area contributed by atoms with E-state index in [9.17, 15) is 18.0 Å². The quantitative estimate of drug-likeness (QED) is 0.503. The van der Waals surface area contributed by atoms with E-state index in [1.165, 1.54) is 16.7 Å². The van der Waals surface area contributed by atoms with Gasteiger partial charge in [0.1, 0.15) is 11.6 Å². The van der Waals surface area contributed by atoms with E-state index in [-0.39, 0.29) is 21.8 Å². The number of aromatic nitrogens is 1. The van der Waals surface area contributed by atoms with Crippen LogP contribution in [-0.2, 0) is 6.54 Å². The molecule has 1 heterocycles. The Labute approximate surface area is 125 Å². The summed E-state index contributed by atoms with van der Waals surface area (Å²) in [5.74, 6) is -2.18. The Hall–Kier alpha value is -1.82. The average Bonchev–Trinajstić information content (AvgIpc) is 2.43. The fraction of sp³-hybridized carbons (Fsp3) is 0.133. The molecule has 0 N–H and O–H groups in total. The second-order valence-corrected chi connectivity index (χ2v) is 5.41. The summed E-state index contributed by atoms with van der Waals surface area (Å²) in [4.78, 5) is 12.4. The van der Waals surface area contributed by atoms with Gasteiger partial charge in [0.2, 0.25) is 0 Å². The van der Waals surface area contributed by atoms with Crippen LogP contribution in [0.4, 0.5) is 13.2 Å². The first-order valence-corrected chi connectivity index (χ1v) is 7.32. The highest BCUT2D eigenvalue weighted by Gasteiger charge is 2.16. The van der Waals surface area contributed by atoms with Crippen molar-refractivity contribution in [1.82, 2.24) is 4.57 Å². The van der Waals surface area contributed by atoms with E-state index in [0.29, 0.717) is 11.9 Å². The summed E-state index contributed by atoms with van der Waals surface area (Å²) < 4.78 is 42.5. The molecule has 0 bridgehead atoms. The number of nitrogens with zero attached hydrogens (tertiary/aromatic N) is 1. The number of benzene rings is 2. The van der Waals surface area contributed by atoms with Gasteiger partial charge in [0, 0.05) is 23.3 Å². The van der Waals surface area contributed by atoms with Gasteiger partial charge in [-0.15, -0.1) is 0 Å². The molecule has 0 atom stereocenters. The number of aryl methyl sites for hydroxylation is 1. The smallest absolute Gasteiger partial charge is 0.197 e.